The summed E-state index contributed by atoms with van der Waals surface area (Å²) in [5.41, 5.74) is -0.203. The van der Waals surface area contributed by atoms with E-state index in [1.807, 2.05) is 0 Å². The number of halogens is 3. The Bertz CT molecular complexity index is 368. The zero-order valence-corrected chi connectivity index (χ0v) is 8.16. The van der Waals surface area contributed by atoms with Crippen LogP contribution in [0.15, 0.2) is 12.1 Å². The minimum Gasteiger partial charge on any atom is -0.313 e. The summed E-state index contributed by atoms with van der Waals surface area (Å²) in [5.74, 6) is -2.23. The molecule has 0 saturated heterocycles. The van der Waals surface area contributed by atoms with Gasteiger partial charge >= 0.3 is 0 Å². The van der Waals surface area contributed by atoms with Gasteiger partial charge in [-0.15, -0.1) is 0 Å². The quantitative estimate of drug-likeness (QED) is 0.623. The Balaban J connectivity index is 3.09. The van der Waals surface area contributed by atoms with Crippen LogP contribution in [0.1, 0.15) is 10.4 Å². The number of nitrogens with one attached hydrogen (secondary N) is 1. The second kappa shape index (κ2) is 4.48. The molecule has 76 valence electrons. The number of ketones is 1. The molecule has 0 unspecified atom stereocenters. The number of carbonyl (C=O) groups is 1. The highest BCUT2D eigenvalue weighted by molar-refractivity contribution is 6.31. The van der Waals surface area contributed by atoms with Crippen LogP contribution in [0.3, 0.4) is 0 Å². The molecule has 0 aliphatic rings. The summed E-state index contributed by atoms with van der Waals surface area (Å²) in [4.78, 5) is 11.2. The highest BCUT2D eigenvalue weighted by atomic mass is 35.5. The molecule has 1 aromatic carbocycles. The maximum absolute atomic E-state index is 13.1. The molecule has 0 bridgehead atoms. The Morgan fingerprint density at radius 2 is 2.07 bits per heavy atom. The van der Waals surface area contributed by atoms with Crippen molar-refractivity contribution >= 4 is 17.4 Å². The summed E-state index contributed by atoms with van der Waals surface area (Å²) in [6.45, 7) is -0.0150. The molecule has 0 radical (unpaired) electrons. The highest BCUT2D eigenvalue weighted by Crippen LogP contribution is 2.19. The molecule has 1 aromatic rings. The van der Waals surface area contributed by atoms with Crippen LogP contribution in [0.5, 0.6) is 0 Å². The predicted molar refractivity (Wildman–Crippen MR) is 49.6 cm³/mol. The van der Waals surface area contributed by atoms with E-state index in [0.29, 0.717) is 6.07 Å². The van der Waals surface area contributed by atoms with E-state index in [1.54, 1.807) is 7.05 Å². The molecule has 0 aromatic heterocycles. The lowest BCUT2D eigenvalue weighted by Crippen LogP contribution is -2.19. The first kappa shape index (κ1) is 11.1. The van der Waals surface area contributed by atoms with Gasteiger partial charge in [0.15, 0.2) is 5.78 Å². The fourth-order valence-electron chi connectivity index (χ4n) is 0.992. The molecule has 0 atom stereocenters. The molecule has 0 aliphatic heterocycles. The monoisotopic (exact) mass is 219 g/mol. The minimum absolute atomic E-state index is 0.0150. The van der Waals surface area contributed by atoms with Crippen LogP contribution >= 0.6 is 11.6 Å². The van der Waals surface area contributed by atoms with Crippen molar-refractivity contribution in [2.45, 2.75) is 0 Å². The molecule has 1 rings (SSSR count). The Kier molecular flexibility index (Phi) is 3.55. The number of benzene rings is 1. The molecule has 2 nitrogen and oxygen atoms in total. The standard InChI is InChI=1S/C9H8ClF2NO/c1-13-4-9(14)5-2-6(10)8(12)3-7(5)11/h2-3,13H,4H2,1H3. The van der Waals surface area contributed by atoms with Gasteiger partial charge in [0.25, 0.3) is 0 Å². The van der Waals surface area contributed by atoms with Crippen molar-refractivity contribution in [2.24, 2.45) is 0 Å². The first-order valence-corrected chi connectivity index (χ1v) is 4.26. The van der Waals surface area contributed by atoms with Gasteiger partial charge in [-0.3, -0.25) is 4.79 Å². The molecule has 5 heteroatoms. The van der Waals surface area contributed by atoms with Gasteiger partial charge in [0.2, 0.25) is 0 Å². The van der Waals surface area contributed by atoms with Crippen LogP contribution in [0.4, 0.5) is 8.78 Å². The lowest BCUT2D eigenvalue weighted by atomic mass is 10.1. The SMILES string of the molecule is CNCC(=O)c1cc(Cl)c(F)cc1F. The largest absolute Gasteiger partial charge is 0.313 e. The second-order valence-corrected chi connectivity index (χ2v) is 3.11. The van der Waals surface area contributed by atoms with Gasteiger partial charge < -0.3 is 5.32 Å². The summed E-state index contributed by atoms with van der Waals surface area (Å²) >= 11 is 5.42. The lowest BCUT2D eigenvalue weighted by Gasteiger charge is -2.03. The maximum atomic E-state index is 13.1. The Morgan fingerprint density at radius 1 is 1.43 bits per heavy atom. The Labute approximate surface area is 84.9 Å². The molecule has 0 spiro atoms. The molecule has 0 aliphatic carbocycles. The van der Waals surface area contributed by atoms with Crippen molar-refractivity contribution < 1.29 is 13.6 Å². The van der Waals surface area contributed by atoms with Gasteiger partial charge in [-0.2, -0.15) is 0 Å². The summed E-state index contributed by atoms with van der Waals surface area (Å²) in [5, 5.41) is 2.32. The third kappa shape index (κ3) is 2.27. The van der Waals surface area contributed by atoms with Gasteiger partial charge in [0.1, 0.15) is 11.6 Å². The average Bonchev–Trinajstić information content (AvgIpc) is 2.11. The molecule has 0 saturated carbocycles. The van der Waals surface area contributed by atoms with Crippen LogP contribution in [0, 0.1) is 11.6 Å². The molecular weight excluding hydrogens is 212 g/mol. The first-order chi connectivity index (χ1) is 6.56. The third-order valence-electron chi connectivity index (χ3n) is 1.65. The topological polar surface area (TPSA) is 29.1 Å². The van der Waals surface area contributed by atoms with Gasteiger partial charge in [-0.05, 0) is 13.1 Å². The van der Waals surface area contributed by atoms with Gasteiger partial charge in [0, 0.05) is 6.07 Å². The average molecular weight is 220 g/mol. The number of likely N-dealkylation sites (N-methyl/N-ethyl adjacent to an activating group) is 1. The zero-order valence-electron chi connectivity index (χ0n) is 7.40. The lowest BCUT2D eigenvalue weighted by molar-refractivity contribution is 0.0989. The molecular formula is C9H8ClF2NO. The number of hydrogen-bond acceptors (Lipinski definition) is 2. The van der Waals surface area contributed by atoms with Crippen molar-refractivity contribution in [3.05, 3.63) is 34.4 Å². The van der Waals surface area contributed by atoms with E-state index in [4.69, 9.17) is 11.6 Å². The van der Waals surface area contributed by atoms with Crippen molar-refractivity contribution in [1.29, 1.82) is 0 Å². The van der Waals surface area contributed by atoms with E-state index in [1.165, 1.54) is 0 Å². The van der Waals surface area contributed by atoms with E-state index in [9.17, 15) is 13.6 Å². The zero-order chi connectivity index (χ0) is 10.7. The van der Waals surface area contributed by atoms with E-state index in [0.717, 1.165) is 6.07 Å². The summed E-state index contributed by atoms with van der Waals surface area (Å²) in [6.07, 6.45) is 0. The predicted octanol–water partition coefficient (Wildman–Crippen LogP) is 2.02. The summed E-state index contributed by atoms with van der Waals surface area (Å²) in [7, 11) is 1.56. The smallest absolute Gasteiger partial charge is 0.179 e. The van der Waals surface area contributed by atoms with Gasteiger partial charge in [-0.25, -0.2) is 8.78 Å². The number of Topliss-reactive ketones (excluding diaryl/α,β-unsaturated/α-hetero) is 1. The van der Waals surface area contributed by atoms with Crippen LogP contribution in [0.25, 0.3) is 0 Å². The minimum atomic E-state index is -0.896. The first-order valence-electron chi connectivity index (χ1n) is 3.88. The number of hydrogen-bond donors (Lipinski definition) is 1. The summed E-state index contributed by atoms with van der Waals surface area (Å²) < 4.78 is 25.8. The van der Waals surface area contributed by atoms with Crippen LogP contribution < -0.4 is 5.32 Å². The molecule has 0 heterocycles. The van der Waals surface area contributed by atoms with Crippen molar-refractivity contribution in [1.82, 2.24) is 5.32 Å². The van der Waals surface area contributed by atoms with Crippen LogP contribution in [-0.4, -0.2) is 19.4 Å². The van der Waals surface area contributed by atoms with Crippen molar-refractivity contribution in [2.75, 3.05) is 13.6 Å². The van der Waals surface area contributed by atoms with Crippen LogP contribution in [-0.2, 0) is 0 Å². The highest BCUT2D eigenvalue weighted by Gasteiger charge is 2.14. The number of carbonyl (C=O) groups excluding carboxylic acids is 1. The fraction of sp³-hybridized carbons (Fsp3) is 0.222. The summed E-state index contributed by atoms with van der Waals surface area (Å²) in [6, 6.07) is 1.59. The second-order valence-electron chi connectivity index (χ2n) is 2.70. The maximum Gasteiger partial charge on any atom is 0.179 e. The Morgan fingerprint density at radius 3 is 2.64 bits per heavy atom. The van der Waals surface area contributed by atoms with Crippen LogP contribution in [0.2, 0.25) is 5.02 Å². The van der Waals surface area contributed by atoms with Crippen molar-refractivity contribution in [3.8, 4) is 0 Å². The Hall–Kier alpha value is -1.00. The van der Waals surface area contributed by atoms with E-state index >= 15 is 0 Å². The normalized spacial score (nSPS) is 10.3. The molecule has 14 heavy (non-hydrogen) atoms. The van der Waals surface area contributed by atoms with Gasteiger partial charge in [-0.1, -0.05) is 11.6 Å². The third-order valence-corrected chi connectivity index (χ3v) is 1.94. The molecule has 1 N–H and O–H groups in total. The van der Waals surface area contributed by atoms with Crippen molar-refractivity contribution in [3.63, 3.8) is 0 Å². The van der Waals surface area contributed by atoms with Gasteiger partial charge in [0.05, 0.1) is 17.1 Å². The van der Waals surface area contributed by atoms with E-state index < -0.39 is 17.4 Å². The fourth-order valence-corrected chi connectivity index (χ4v) is 1.16. The van der Waals surface area contributed by atoms with E-state index in [-0.39, 0.29) is 17.1 Å². The molecule has 0 fully saturated rings. The van der Waals surface area contributed by atoms with E-state index in [2.05, 4.69) is 5.32 Å². The number of rotatable bonds is 3. The molecule has 0 amide bonds.